The molecule has 0 aliphatic rings. The first-order valence-corrected chi connectivity index (χ1v) is 11.9. The number of fused-ring (bicyclic) bond motifs is 1. The molecule has 0 unspecified atom stereocenters. The summed E-state index contributed by atoms with van der Waals surface area (Å²) in [6.45, 7) is 0.374. The van der Waals surface area contributed by atoms with Crippen molar-refractivity contribution in [3.63, 3.8) is 0 Å². The first-order valence-electron chi connectivity index (χ1n) is 11.9. The van der Waals surface area contributed by atoms with E-state index in [1.165, 1.54) is 6.07 Å². The number of hydrogen-bond acceptors (Lipinski definition) is 3. The molecule has 1 N–H and O–H groups in total. The largest absolute Gasteiger partial charge is 0.493 e. The number of aromatic nitrogens is 1. The summed E-state index contributed by atoms with van der Waals surface area (Å²) in [4.78, 5) is 13.1. The molecule has 194 valence electrons. The van der Waals surface area contributed by atoms with Crippen molar-refractivity contribution in [2.45, 2.75) is 24.9 Å². The van der Waals surface area contributed by atoms with Crippen molar-refractivity contribution in [3.05, 3.63) is 95.2 Å². The van der Waals surface area contributed by atoms with Gasteiger partial charge in [-0.25, -0.2) is 0 Å². The molecule has 0 spiro atoms. The third-order valence-electron chi connectivity index (χ3n) is 6.49. The van der Waals surface area contributed by atoms with Crippen LogP contribution in [0.1, 0.15) is 34.6 Å². The van der Waals surface area contributed by atoms with E-state index >= 15 is 0 Å². The van der Waals surface area contributed by atoms with Gasteiger partial charge in [0.1, 0.15) is 0 Å². The minimum absolute atomic E-state index is 0.0151. The number of carbonyl (C=O) groups excluding carboxylic acids is 1. The highest BCUT2D eigenvalue weighted by molar-refractivity contribution is 5.86. The molecule has 0 fully saturated rings. The van der Waals surface area contributed by atoms with Gasteiger partial charge in [0.15, 0.2) is 11.5 Å². The minimum atomic E-state index is -4.47. The molecule has 0 saturated carbocycles. The molecular formula is C29H29F3N2O3. The monoisotopic (exact) mass is 510 g/mol. The number of hydrogen-bond donors (Lipinski definition) is 1. The van der Waals surface area contributed by atoms with Crippen LogP contribution >= 0.6 is 0 Å². The molecule has 37 heavy (non-hydrogen) atoms. The van der Waals surface area contributed by atoms with Crippen molar-refractivity contribution in [2.24, 2.45) is 7.05 Å². The van der Waals surface area contributed by atoms with Gasteiger partial charge in [-0.2, -0.15) is 13.2 Å². The summed E-state index contributed by atoms with van der Waals surface area (Å²) in [6.07, 6.45) is -2.00. The van der Waals surface area contributed by atoms with E-state index in [9.17, 15) is 18.0 Å². The van der Waals surface area contributed by atoms with Crippen LogP contribution in [0.25, 0.3) is 10.9 Å². The number of methoxy groups -OCH3 is 2. The van der Waals surface area contributed by atoms with E-state index in [0.29, 0.717) is 30.0 Å². The first-order chi connectivity index (χ1) is 17.7. The number of benzene rings is 3. The summed E-state index contributed by atoms with van der Waals surface area (Å²) in [5.41, 5.74) is 2.43. The predicted molar refractivity (Wildman–Crippen MR) is 137 cm³/mol. The van der Waals surface area contributed by atoms with Crippen LogP contribution in [-0.4, -0.2) is 31.2 Å². The fourth-order valence-corrected chi connectivity index (χ4v) is 4.63. The third kappa shape index (κ3) is 5.90. The normalized spacial score (nSPS) is 12.4. The third-order valence-corrected chi connectivity index (χ3v) is 6.49. The molecule has 5 nitrogen and oxygen atoms in total. The second-order valence-corrected chi connectivity index (χ2v) is 8.88. The maximum atomic E-state index is 13.5. The van der Waals surface area contributed by atoms with Gasteiger partial charge in [0, 0.05) is 43.0 Å². The van der Waals surface area contributed by atoms with Crippen molar-refractivity contribution in [3.8, 4) is 11.5 Å². The lowest BCUT2D eigenvalue weighted by atomic mass is 9.87. The molecule has 1 aromatic heterocycles. The summed E-state index contributed by atoms with van der Waals surface area (Å²) in [6, 6.07) is 18.5. The number of nitrogens with one attached hydrogen (secondary N) is 1. The van der Waals surface area contributed by atoms with Crippen molar-refractivity contribution in [1.29, 1.82) is 0 Å². The number of carbonyl (C=O) groups is 1. The Hall–Kier alpha value is -3.94. The number of ether oxygens (including phenoxy) is 2. The minimum Gasteiger partial charge on any atom is -0.493 e. The lowest BCUT2D eigenvalue weighted by Gasteiger charge is -2.19. The molecule has 0 saturated heterocycles. The molecule has 3 aromatic carbocycles. The lowest BCUT2D eigenvalue weighted by Crippen LogP contribution is -2.27. The summed E-state index contributed by atoms with van der Waals surface area (Å²) in [7, 11) is 5.01. The summed E-state index contributed by atoms with van der Waals surface area (Å²) < 4.78 is 53.0. The second-order valence-electron chi connectivity index (χ2n) is 8.88. The van der Waals surface area contributed by atoms with Crippen molar-refractivity contribution in [1.82, 2.24) is 9.88 Å². The van der Waals surface area contributed by atoms with Gasteiger partial charge in [0.25, 0.3) is 0 Å². The van der Waals surface area contributed by atoms with Gasteiger partial charge in [-0.05, 0) is 47.4 Å². The quantitative estimate of drug-likeness (QED) is 0.296. The van der Waals surface area contributed by atoms with Crippen LogP contribution in [0.4, 0.5) is 13.2 Å². The second kappa shape index (κ2) is 11.0. The Balaban J connectivity index is 1.57. The van der Waals surface area contributed by atoms with E-state index in [-0.39, 0.29) is 12.3 Å². The zero-order valence-corrected chi connectivity index (χ0v) is 20.9. The maximum Gasteiger partial charge on any atom is 0.416 e. The Morgan fingerprint density at radius 2 is 1.73 bits per heavy atom. The summed E-state index contributed by atoms with van der Waals surface area (Å²) in [5.74, 6) is 0.437. The Labute approximate surface area is 213 Å². The zero-order valence-electron chi connectivity index (χ0n) is 20.9. The number of rotatable bonds is 9. The number of nitrogens with zero attached hydrogens (tertiary/aromatic N) is 1. The standard InChI is InChI=1S/C29H29F3N2O3/c1-34-18-24(22-9-4-5-10-25(22)34)23(20-7-6-8-21(16-20)29(30,31)32)17-28(35)33-14-13-19-11-12-26(36-2)27(15-19)37-3/h4-12,15-16,18,23H,13-14,17H2,1-3H3,(H,33,35)/t23-/m1/s1. The number of para-hydroxylation sites is 1. The van der Waals surface area contributed by atoms with Gasteiger partial charge in [-0.1, -0.05) is 42.5 Å². The van der Waals surface area contributed by atoms with E-state index in [1.807, 2.05) is 54.2 Å². The first kappa shape index (κ1) is 26.1. The average molecular weight is 511 g/mol. The fraction of sp³-hybridized carbons (Fsp3) is 0.276. The zero-order chi connectivity index (χ0) is 26.6. The molecular weight excluding hydrogens is 481 g/mol. The molecule has 1 atom stereocenters. The number of amides is 1. The smallest absolute Gasteiger partial charge is 0.416 e. The van der Waals surface area contributed by atoms with Gasteiger partial charge < -0.3 is 19.4 Å². The molecule has 4 aromatic rings. The van der Waals surface area contributed by atoms with E-state index in [0.717, 1.165) is 34.2 Å². The SMILES string of the molecule is COc1ccc(CCNC(=O)C[C@H](c2cccc(C(F)(F)F)c2)c2cn(C)c3ccccc23)cc1OC. The molecule has 4 rings (SSSR count). The van der Waals surface area contributed by atoms with Crippen molar-refractivity contribution >= 4 is 16.8 Å². The molecule has 0 aliphatic carbocycles. The van der Waals surface area contributed by atoms with Gasteiger partial charge >= 0.3 is 6.18 Å². The van der Waals surface area contributed by atoms with Crippen LogP contribution in [0.5, 0.6) is 11.5 Å². The molecule has 1 amide bonds. The van der Waals surface area contributed by atoms with Crippen LogP contribution in [-0.2, 0) is 24.4 Å². The van der Waals surface area contributed by atoms with Gasteiger partial charge in [-0.15, -0.1) is 0 Å². The fourth-order valence-electron chi connectivity index (χ4n) is 4.63. The Morgan fingerprint density at radius 1 is 0.973 bits per heavy atom. The van der Waals surface area contributed by atoms with Crippen molar-refractivity contribution < 1.29 is 27.4 Å². The molecule has 8 heteroatoms. The van der Waals surface area contributed by atoms with Crippen molar-refractivity contribution in [2.75, 3.05) is 20.8 Å². The predicted octanol–water partition coefficient (Wildman–Crippen LogP) is 6.10. The van der Waals surface area contributed by atoms with E-state index in [4.69, 9.17) is 9.47 Å². The number of aryl methyl sites for hydroxylation is 1. The average Bonchev–Trinajstić information content (AvgIpc) is 3.23. The topological polar surface area (TPSA) is 52.5 Å². The van der Waals surface area contributed by atoms with Gasteiger partial charge in [0.05, 0.1) is 19.8 Å². The Kier molecular flexibility index (Phi) is 7.76. The van der Waals surface area contributed by atoms with E-state index in [2.05, 4.69) is 5.32 Å². The Bertz CT molecular complexity index is 1390. The van der Waals surface area contributed by atoms with Gasteiger partial charge in [0.2, 0.25) is 5.91 Å². The molecule has 0 radical (unpaired) electrons. The lowest BCUT2D eigenvalue weighted by molar-refractivity contribution is -0.137. The number of alkyl halides is 3. The van der Waals surface area contributed by atoms with E-state index < -0.39 is 17.7 Å². The highest BCUT2D eigenvalue weighted by atomic mass is 19.4. The van der Waals surface area contributed by atoms with Crippen LogP contribution < -0.4 is 14.8 Å². The van der Waals surface area contributed by atoms with Crippen LogP contribution in [0, 0.1) is 0 Å². The Morgan fingerprint density at radius 3 is 2.46 bits per heavy atom. The molecule has 0 aliphatic heterocycles. The summed E-state index contributed by atoms with van der Waals surface area (Å²) in [5, 5.41) is 3.83. The van der Waals surface area contributed by atoms with Gasteiger partial charge in [-0.3, -0.25) is 4.79 Å². The van der Waals surface area contributed by atoms with Crippen LogP contribution in [0.3, 0.4) is 0 Å². The maximum absolute atomic E-state index is 13.5. The van der Waals surface area contributed by atoms with E-state index in [1.54, 1.807) is 26.4 Å². The molecule has 1 heterocycles. The highest BCUT2D eigenvalue weighted by Crippen LogP contribution is 2.37. The molecule has 0 bridgehead atoms. The van der Waals surface area contributed by atoms with Crippen LogP contribution in [0.15, 0.2) is 72.9 Å². The number of halogens is 3. The van der Waals surface area contributed by atoms with Crippen LogP contribution in [0.2, 0.25) is 0 Å². The highest BCUT2D eigenvalue weighted by Gasteiger charge is 2.32. The summed E-state index contributed by atoms with van der Waals surface area (Å²) >= 11 is 0.